The van der Waals surface area contributed by atoms with Crippen LogP contribution in [-0.4, -0.2) is 49.5 Å². The molecule has 1 saturated heterocycles. The van der Waals surface area contributed by atoms with Gasteiger partial charge in [0.25, 0.3) is 0 Å². The molecule has 1 aliphatic carbocycles. The van der Waals surface area contributed by atoms with Gasteiger partial charge in [0.2, 0.25) is 0 Å². The van der Waals surface area contributed by atoms with E-state index in [1.165, 1.54) is 6.07 Å². The lowest BCUT2D eigenvalue weighted by molar-refractivity contribution is -0.0464. The number of hydrogen-bond donors (Lipinski definition) is 2. The van der Waals surface area contributed by atoms with Gasteiger partial charge in [-0.3, -0.25) is 4.98 Å². The van der Waals surface area contributed by atoms with Crippen LogP contribution in [0.2, 0.25) is 0 Å². The molecule has 4 heterocycles. The lowest BCUT2D eigenvalue weighted by Crippen LogP contribution is -2.54. The van der Waals surface area contributed by atoms with Gasteiger partial charge in [0.1, 0.15) is 23.1 Å². The summed E-state index contributed by atoms with van der Waals surface area (Å²) in [7, 11) is 0. The van der Waals surface area contributed by atoms with Gasteiger partial charge in [-0.05, 0) is 78.6 Å². The van der Waals surface area contributed by atoms with Crippen molar-refractivity contribution in [1.29, 1.82) is 0 Å². The predicted molar refractivity (Wildman–Crippen MR) is 148 cm³/mol. The molecule has 0 radical (unpaired) electrons. The van der Waals surface area contributed by atoms with Crippen molar-refractivity contribution in [3.05, 3.63) is 83.1 Å². The molecule has 2 fully saturated rings. The third-order valence-corrected chi connectivity index (χ3v) is 9.21. The quantitative estimate of drug-likeness (QED) is 0.344. The molecule has 4 aromatic rings. The summed E-state index contributed by atoms with van der Waals surface area (Å²) in [5.41, 5.74) is 6.06. The largest absolute Gasteiger partial charge is 0.388 e. The molecule has 0 amide bonds. The molecule has 0 spiro atoms. The van der Waals surface area contributed by atoms with Crippen molar-refractivity contribution >= 4 is 5.52 Å². The molecule has 6 rings (SSSR count). The third kappa shape index (κ3) is 5.02. The molecule has 0 unspecified atom stereocenters. The monoisotopic (exact) mass is 565 g/mol. The van der Waals surface area contributed by atoms with Crippen molar-refractivity contribution in [2.75, 3.05) is 13.2 Å². The van der Waals surface area contributed by atoms with E-state index in [0.717, 1.165) is 29.7 Å². The smallest absolute Gasteiger partial charge is 0.140 e. The van der Waals surface area contributed by atoms with Gasteiger partial charge >= 0.3 is 0 Å². The zero-order chi connectivity index (χ0) is 28.9. The highest BCUT2D eigenvalue weighted by Gasteiger charge is 2.42. The maximum absolute atomic E-state index is 15.4. The van der Waals surface area contributed by atoms with Gasteiger partial charge in [-0.15, -0.1) is 0 Å². The van der Waals surface area contributed by atoms with Crippen LogP contribution >= 0.6 is 0 Å². The third-order valence-electron chi connectivity index (χ3n) is 9.21. The molecular weight excluding hydrogens is 531 g/mol. The van der Waals surface area contributed by atoms with Gasteiger partial charge in [0.15, 0.2) is 0 Å². The molecule has 41 heavy (non-hydrogen) atoms. The van der Waals surface area contributed by atoms with E-state index in [1.54, 1.807) is 36.1 Å². The molecule has 10 heteroatoms. The van der Waals surface area contributed by atoms with Crippen LogP contribution in [0.3, 0.4) is 0 Å². The van der Waals surface area contributed by atoms with E-state index in [9.17, 15) is 5.11 Å². The molecule has 3 N–H and O–H groups in total. The lowest BCUT2D eigenvalue weighted by Gasteiger charge is -2.44. The van der Waals surface area contributed by atoms with Crippen LogP contribution in [0.4, 0.5) is 13.2 Å². The summed E-state index contributed by atoms with van der Waals surface area (Å²) in [4.78, 5) is 8.89. The Kier molecular flexibility index (Phi) is 7.12. The number of aliphatic hydroxyl groups is 1. The predicted octanol–water partition coefficient (Wildman–Crippen LogP) is 5.23. The number of rotatable bonds is 5. The molecule has 2 aliphatic rings. The number of fused-ring (bicyclic) bond motifs is 1. The normalized spacial score (nSPS) is 26.4. The zero-order valence-electron chi connectivity index (χ0n) is 23.2. The van der Waals surface area contributed by atoms with Crippen molar-refractivity contribution < 1.29 is 23.0 Å². The lowest BCUT2D eigenvalue weighted by atomic mass is 9.67. The number of pyridine rings is 1. The number of benzene rings is 1. The van der Waals surface area contributed by atoms with Gasteiger partial charge in [0.05, 0.1) is 28.6 Å². The fraction of sp³-hybridized carbons (Fsp3) is 0.452. The first-order chi connectivity index (χ1) is 19.6. The molecule has 3 aromatic heterocycles. The van der Waals surface area contributed by atoms with Gasteiger partial charge in [-0.2, -0.15) is 5.10 Å². The van der Waals surface area contributed by atoms with E-state index in [1.807, 2.05) is 13.0 Å². The minimum Gasteiger partial charge on any atom is -0.388 e. The van der Waals surface area contributed by atoms with Gasteiger partial charge in [-0.25, -0.2) is 22.7 Å². The second kappa shape index (κ2) is 10.5. The van der Waals surface area contributed by atoms with Crippen molar-refractivity contribution in [2.24, 2.45) is 11.7 Å². The van der Waals surface area contributed by atoms with Crippen LogP contribution in [0.5, 0.6) is 0 Å². The zero-order valence-corrected chi connectivity index (χ0v) is 23.2. The van der Waals surface area contributed by atoms with Crippen LogP contribution in [-0.2, 0) is 16.8 Å². The SMILES string of the molecule is C[C@H]1C[C@@H](c2ccncc2Cc2ncc3ccc(-c4c(F)cc(C5(F)CCOCC5)cc4F)nn23)C[C@@H](N)[C@]1(C)O. The Hall–Kier alpha value is -3.34. The summed E-state index contributed by atoms with van der Waals surface area (Å²) in [5, 5.41) is 15.3. The maximum Gasteiger partial charge on any atom is 0.140 e. The summed E-state index contributed by atoms with van der Waals surface area (Å²) in [5.74, 6) is -0.998. The summed E-state index contributed by atoms with van der Waals surface area (Å²) < 4.78 is 52.9. The summed E-state index contributed by atoms with van der Waals surface area (Å²) >= 11 is 0. The number of alkyl halides is 1. The maximum atomic E-state index is 15.4. The molecular formula is C31H34F3N5O2. The highest BCUT2D eigenvalue weighted by molar-refractivity contribution is 5.63. The number of aromatic nitrogens is 4. The van der Waals surface area contributed by atoms with Crippen LogP contribution in [0.1, 0.15) is 68.0 Å². The van der Waals surface area contributed by atoms with Crippen LogP contribution in [0.25, 0.3) is 16.8 Å². The first-order valence-corrected chi connectivity index (χ1v) is 14.1. The number of nitrogens with two attached hydrogens (primary N) is 1. The molecule has 7 nitrogen and oxygen atoms in total. The van der Waals surface area contributed by atoms with Gasteiger partial charge in [-0.1, -0.05) is 6.92 Å². The van der Waals surface area contributed by atoms with Gasteiger partial charge < -0.3 is 15.6 Å². The average Bonchev–Trinajstić information content (AvgIpc) is 3.34. The number of ether oxygens (including phenoxy) is 1. The molecule has 0 bridgehead atoms. The Labute approximate surface area is 236 Å². The fourth-order valence-electron chi connectivity index (χ4n) is 6.33. The first kappa shape index (κ1) is 27.8. The second-order valence-corrected chi connectivity index (χ2v) is 11.8. The van der Waals surface area contributed by atoms with Crippen molar-refractivity contribution in [2.45, 2.75) is 69.2 Å². The van der Waals surface area contributed by atoms with E-state index in [2.05, 4.69) is 15.1 Å². The minimum absolute atomic E-state index is 0.0173. The van der Waals surface area contributed by atoms with E-state index in [0.29, 0.717) is 24.2 Å². The Balaban J connectivity index is 1.32. The number of halogens is 3. The van der Waals surface area contributed by atoms with E-state index in [-0.39, 0.29) is 60.8 Å². The van der Waals surface area contributed by atoms with E-state index in [4.69, 9.17) is 10.5 Å². The average molecular weight is 566 g/mol. The summed E-state index contributed by atoms with van der Waals surface area (Å²) in [6, 6.07) is 7.00. The molecule has 1 saturated carbocycles. The molecule has 4 atom stereocenters. The number of hydrogen-bond acceptors (Lipinski definition) is 6. The molecule has 1 aliphatic heterocycles. The van der Waals surface area contributed by atoms with Crippen LogP contribution < -0.4 is 5.73 Å². The Morgan fingerprint density at radius 1 is 1.10 bits per heavy atom. The van der Waals surface area contributed by atoms with Crippen molar-refractivity contribution in [1.82, 2.24) is 19.6 Å². The van der Waals surface area contributed by atoms with Gasteiger partial charge in [0, 0.05) is 50.9 Å². The standard InChI is InChI=1S/C31H34F3N5O2/c1-18-11-19(12-27(35)30(18,2)40)23-5-8-36-16-20(23)13-28-37-17-22-3-4-26(38-39(22)28)29-24(32)14-21(15-25(29)33)31(34)6-9-41-10-7-31/h3-5,8,14-19,27,40H,6-7,9-13,35H2,1-2H3/t18-,19+,27+,30+/m0/s1. The molecule has 1 aromatic carbocycles. The Morgan fingerprint density at radius 3 is 2.54 bits per heavy atom. The molecule has 216 valence electrons. The topological polar surface area (TPSA) is 98.6 Å². The fourth-order valence-corrected chi connectivity index (χ4v) is 6.33. The van der Waals surface area contributed by atoms with Crippen LogP contribution in [0, 0.1) is 17.6 Å². The highest BCUT2D eigenvalue weighted by atomic mass is 19.1. The summed E-state index contributed by atoms with van der Waals surface area (Å²) in [6.45, 7) is 4.22. The Morgan fingerprint density at radius 2 is 1.83 bits per heavy atom. The highest BCUT2D eigenvalue weighted by Crippen LogP contribution is 2.42. The first-order valence-electron chi connectivity index (χ1n) is 14.1. The Bertz CT molecular complexity index is 1550. The van der Waals surface area contributed by atoms with E-state index >= 15 is 13.2 Å². The van der Waals surface area contributed by atoms with E-state index < -0.39 is 22.9 Å². The second-order valence-electron chi connectivity index (χ2n) is 11.8. The summed E-state index contributed by atoms with van der Waals surface area (Å²) in [6.07, 6.45) is 7.12. The minimum atomic E-state index is -1.83. The number of imidazole rings is 1. The van der Waals surface area contributed by atoms with Crippen molar-refractivity contribution in [3.63, 3.8) is 0 Å². The van der Waals surface area contributed by atoms with Crippen LogP contribution in [0.15, 0.2) is 48.9 Å². The number of nitrogens with zero attached hydrogens (tertiary/aromatic N) is 4. The van der Waals surface area contributed by atoms with Crippen molar-refractivity contribution in [3.8, 4) is 11.3 Å².